The second-order valence-corrected chi connectivity index (χ2v) is 5.97. The topological polar surface area (TPSA) is 88.2 Å². The molecule has 4 aromatic rings. The van der Waals surface area contributed by atoms with Gasteiger partial charge in [-0.1, -0.05) is 18.2 Å². The van der Waals surface area contributed by atoms with Crippen molar-refractivity contribution in [1.29, 1.82) is 0 Å². The number of nitrogens with zero attached hydrogens (tertiary/aromatic N) is 3. The molecule has 0 fully saturated rings. The molecule has 25 heavy (non-hydrogen) atoms. The molecule has 1 N–H and O–H groups in total. The van der Waals surface area contributed by atoms with Crippen LogP contribution < -0.4 is 0 Å². The molecule has 5 rings (SSSR count). The van der Waals surface area contributed by atoms with Crippen molar-refractivity contribution in [3.8, 4) is 0 Å². The van der Waals surface area contributed by atoms with Crippen LogP contribution >= 0.6 is 0 Å². The van der Waals surface area contributed by atoms with Gasteiger partial charge in [-0.2, -0.15) is 0 Å². The van der Waals surface area contributed by atoms with E-state index in [1.54, 1.807) is 11.2 Å². The van der Waals surface area contributed by atoms with Crippen molar-refractivity contribution >= 4 is 16.9 Å². The van der Waals surface area contributed by atoms with Gasteiger partial charge in [0.15, 0.2) is 6.39 Å². The Morgan fingerprint density at radius 3 is 3.08 bits per heavy atom. The molecule has 0 radical (unpaired) electrons. The number of aromatic nitrogens is 3. The van der Waals surface area contributed by atoms with Crippen molar-refractivity contribution in [3.63, 3.8) is 0 Å². The van der Waals surface area contributed by atoms with Gasteiger partial charge in [0.05, 0.1) is 18.2 Å². The number of carbonyl (C=O) groups excluding carboxylic acids is 1. The Morgan fingerprint density at radius 2 is 2.24 bits per heavy atom. The fourth-order valence-electron chi connectivity index (χ4n) is 3.38. The maximum atomic E-state index is 12.9. The van der Waals surface area contributed by atoms with Crippen LogP contribution in [0.5, 0.6) is 0 Å². The van der Waals surface area contributed by atoms with E-state index in [4.69, 9.17) is 8.83 Å². The number of imidazole rings is 1. The largest absolute Gasteiger partial charge is 0.458 e. The predicted octanol–water partition coefficient (Wildman–Crippen LogP) is 2.93. The lowest BCUT2D eigenvalue weighted by Gasteiger charge is -2.33. The molecule has 1 aliphatic rings. The van der Waals surface area contributed by atoms with Gasteiger partial charge in [0.25, 0.3) is 5.91 Å². The highest BCUT2D eigenvalue weighted by Gasteiger charge is 2.37. The second kappa shape index (κ2) is 5.34. The number of para-hydroxylation sites is 1. The molecule has 124 valence electrons. The molecule has 0 bridgehead atoms. The van der Waals surface area contributed by atoms with Gasteiger partial charge in [-0.15, -0.1) is 0 Å². The molecule has 7 nitrogen and oxygen atoms in total. The summed E-state index contributed by atoms with van der Waals surface area (Å²) in [5, 5.41) is 0.993. The molecule has 0 saturated carbocycles. The van der Waals surface area contributed by atoms with E-state index in [-0.39, 0.29) is 11.7 Å². The number of fused-ring (bicyclic) bond motifs is 2. The number of aromatic amines is 1. The highest BCUT2D eigenvalue weighted by atomic mass is 16.4. The Labute approximate surface area is 142 Å². The molecule has 1 amide bonds. The van der Waals surface area contributed by atoms with Gasteiger partial charge in [0.2, 0.25) is 5.76 Å². The number of benzene rings is 1. The summed E-state index contributed by atoms with van der Waals surface area (Å²) >= 11 is 0. The maximum absolute atomic E-state index is 12.9. The van der Waals surface area contributed by atoms with Crippen LogP contribution in [-0.4, -0.2) is 32.3 Å². The molecular formula is C18H14N4O3. The van der Waals surface area contributed by atoms with Gasteiger partial charge < -0.3 is 18.7 Å². The maximum Gasteiger partial charge on any atom is 0.292 e. The van der Waals surface area contributed by atoms with E-state index >= 15 is 0 Å². The number of carbonyl (C=O) groups is 1. The third kappa shape index (κ3) is 2.16. The summed E-state index contributed by atoms with van der Waals surface area (Å²) in [4.78, 5) is 26.1. The smallest absolute Gasteiger partial charge is 0.292 e. The first-order chi connectivity index (χ1) is 12.3. The fourth-order valence-corrected chi connectivity index (χ4v) is 3.38. The monoisotopic (exact) mass is 334 g/mol. The van der Waals surface area contributed by atoms with Crippen molar-refractivity contribution in [2.75, 3.05) is 6.54 Å². The average molecular weight is 334 g/mol. The van der Waals surface area contributed by atoms with Gasteiger partial charge in [-0.3, -0.25) is 4.79 Å². The summed E-state index contributed by atoms with van der Waals surface area (Å²) in [6.07, 6.45) is 5.04. The Hall–Kier alpha value is -3.35. The van der Waals surface area contributed by atoms with E-state index in [0.29, 0.717) is 18.7 Å². The SMILES string of the molecule is O=C(c1cnco1)N1CCc2[nH]cnc2[C@@H]1c1cc2ccccc2o1. The van der Waals surface area contributed by atoms with Gasteiger partial charge in [-0.25, -0.2) is 9.97 Å². The van der Waals surface area contributed by atoms with Gasteiger partial charge >= 0.3 is 0 Å². The van der Waals surface area contributed by atoms with E-state index in [0.717, 1.165) is 22.4 Å². The zero-order valence-electron chi connectivity index (χ0n) is 13.2. The first-order valence-corrected chi connectivity index (χ1v) is 8.01. The number of amides is 1. The average Bonchev–Trinajstić information content (AvgIpc) is 3.39. The molecule has 4 heterocycles. The lowest BCUT2D eigenvalue weighted by Crippen LogP contribution is -2.40. The first kappa shape index (κ1) is 14.0. The van der Waals surface area contributed by atoms with Crippen molar-refractivity contribution < 1.29 is 13.6 Å². The highest BCUT2D eigenvalue weighted by molar-refractivity contribution is 5.92. The Bertz CT molecular complexity index is 1010. The zero-order chi connectivity index (χ0) is 16.8. The Morgan fingerprint density at radius 1 is 1.32 bits per heavy atom. The minimum Gasteiger partial charge on any atom is -0.458 e. The van der Waals surface area contributed by atoms with Gasteiger partial charge in [0.1, 0.15) is 17.4 Å². The molecule has 1 atom stereocenters. The van der Waals surface area contributed by atoms with Crippen molar-refractivity contribution in [1.82, 2.24) is 19.9 Å². The number of furan rings is 1. The molecule has 0 saturated heterocycles. The summed E-state index contributed by atoms with van der Waals surface area (Å²) in [7, 11) is 0. The predicted molar refractivity (Wildman–Crippen MR) is 87.9 cm³/mol. The third-order valence-electron chi connectivity index (χ3n) is 4.54. The summed E-state index contributed by atoms with van der Waals surface area (Å²) in [5.74, 6) is 0.666. The summed E-state index contributed by atoms with van der Waals surface area (Å²) < 4.78 is 11.2. The Balaban J connectivity index is 1.64. The van der Waals surface area contributed by atoms with E-state index in [9.17, 15) is 4.79 Å². The van der Waals surface area contributed by atoms with E-state index in [1.165, 1.54) is 12.6 Å². The third-order valence-corrected chi connectivity index (χ3v) is 4.54. The quantitative estimate of drug-likeness (QED) is 0.609. The van der Waals surface area contributed by atoms with Gasteiger partial charge in [-0.05, 0) is 12.1 Å². The number of nitrogens with one attached hydrogen (secondary N) is 1. The number of H-pyrrole nitrogens is 1. The second-order valence-electron chi connectivity index (χ2n) is 5.97. The molecule has 0 unspecified atom stereocenters. The molecule has 1 aromatic carbocycles. The van der Waals surface area contributed by atoms with Crippen LogP contribution in [-0.2, 0) is 6.42 Å². The lowest BCUT2D eigenvalue weighted by molar-refractivity contribution is 0.0640. The van der Waals surface area contributed by atoms with Crippen LogP contribution in [0.2, 0.25) is 0 Å². The molecule has 0 aliphatic carbocycles. The summed E-state index contributed by atoms with van der Waals surface area (Å²) in [6.45, 7) is 0.538. The lowest BCUT2D eigenvalue weighted by atomic mass is 10.00. The Kier molecular flexibility index (Phi) is 3.00. The summed E-state index contributed by atoms with van der Waals surface area (Å²) in [6, 6.07) is 9.34. The number of oxazole rings is 1. The molecule has 3 aromatic heterocycles. The number of hydrogen-bond donors (Lipinski definition) is 1. The first-order valence-electron chi connectivity index (χ1n) is 8.01. The standard InChI is InChI=1S/C18H14N4O3/c23-18(15-8-19-10-24-15)22-6-5-12-16(21-9-20-12)17(22)14-7-11-3-1-2-4-13(11)25-14/h1-4,7-10,17H,5-6H2,(H,20,21)/t17-/m0/s1. The molecule has 0 spiro atoms. The normalized spacial score (nSPS) is 17.0. The fraction of sp³-hybridized carbons (Fsp3) is 0.167. The zero-order valence-corrected chi connectivity index (χ0v) is 13.2. The summed E-state index contributed by atoms with van der Waals surface area (Å²) in [5.41, 5.74) is 2.61. The van der Waals surface area contributed by atoms with Gasteiger partial charge in [0, 0.05) is 24.0 Å². The van der Waals surface area contributed by atoms with E-state index < -0.39 is 6.04 Å². The highest BCUT2D eigenvalue weighted by Crippen LogP contribution is 2.36. The van der Waals surface area contributed by atoms with Crippen molar-refractivity contribution in [2.45, 2.75) is 12.5 Å². The molecule has 1 aliphatic heterocycles. The van der Waals surface area contributed by atoms with Crippen molar-refractivity contribution in [2.24, 2.45) is 0 Å². The van der Waals surface area contributed by atoms with Crippen LogP contribution in [0, 0.1) is 0 Å². The number of hydrogen-bond acceptors (Lipinski definition) is 5. The van der Waals surface area contributed by atoms with Crippen LogP contribution in [0.1, 0.15) is 33.7 Å². The van der Waals surface area contributed by atoms with Crippen LogP contribution in [0.3, 0.4) is 0 Å². The molecule has 7 heteroatoms. The van der Waals surface area contributed by atoms with Crippen LogP contribution in [0.25, 0.3) is 11.0 Å². The van der Waals surface area contributed by atoms with Crippen LogP contribution in [0.15, 0.2) is 58.1 Å². The van der Waals surface area contributed by atoms with Crippen LogP contribution in [0.4, 0.5) is 0 Å². The molecular weight excluding hydrogens is 320 g/mol. The van der Waals surface area contributed by atoms with E-state index in [2.05, 4.69) is 15.0 Å². The van der Waals surface area contributed by atoms with E-state index in [1.807, 2.05) is 30.3 Å². The number of rotatable bonds is 2. The minimum atomic E-state index is -0.403. The van der Waals surface area contributed by atoms with Crippen molar-refractivity contribution in [3.05, 3.63) is 72.2 Å². The minimum absolute atomic E-state index is 0.208.